The van der Waals surface area contributed by atoms with Gasteiger partial charge in [0.05, 0.1) is 33.8 Å². The lowest BCUT2D eigenvalue weighted by Crippen LogP contribution is -1.91. The minimum absolute atomic E-state index is 0.490. The molecule has 0 radical (unpaired) electrons. The van der Waals surface area contributed by atoms with Crippen molar-refractivity contribution in [2.24, 2.45) is 0 Å². The zero-order chi connectivity index (χ0) is 35.0. The van der Waals surface area contributed by atoms with Crippen molar-refractivity contribution in [3.8, 4) is 44.5 Å². The van der Waals surface area contributed by atoms with Crippen LogP contribution in [0.1, 0.15) is 43.5 Å². The molecule has 3 aromatic heterocycles. The number of carbonyl (C=O) groups excluding carboxylic acids is 2. The van der Waals surface area contributed by atoms with Crippen LogP contribution in [0.2, 0.25) is 0 Å². The van der Waals surface area contributed by atoms with Gasteiger partial charge in [-0.2, -0.15) is 0 Å². The average molecular weight is 671 g/mol. The lowest BCUT2D eigenvalue weighted by atomic mass is 10.0. The van der Waals surface area contributed by atoms with Gasteiger partial charge in [-0.05, 0) is 58.7 Å². The molecular formula is C46H30N4O2. The Balaban J connectivity index is 1.55. The van der Waals surface area contributed by atoms with Crippen LogP contribution in [0, 0.1) is 0 Å². The van der Waals surface area contributed by atoms with Crippen molar-refractivity contribution in [3.63, 3.8) is 0 Å². The Morgan fingerprint density at radius 2 is 0.692 bits per heavy atom. The molecule has 6 nitrogen and oxygen atoms in total. The minimum atomic E-state index is 0.490. The molecule has 0 spiro atoms. The van der Waals surface area contributed by atoms with Gasteiger partial charge in [-0.1, -0.05) is 121 Å². The Bertz CT molecular complexity index is 2590. The van der Waals surface area contributed by atoms with E-state index >= 15 is 0 Å². The molecule has 6 heteroatoms. The van der Waals surface area contributed by atoms with Crippen LogP contribution < -0.4 is 0 Å². The number of nitrogens with one attached hydrogen (secondary N) is 2. The maximum absolute atomic E-state index is 12.9. The molecule has 0 unspecified atom stereocenters. The molecule has 2 aliphatic rings. The predicted molar refractivity (Wildman–Crippen MR) is 211 cm³/mol. The van der Waals surface area contributed by atoms with Crippen molar-refractivity contribution >= 4 is 58.9 Å². The fourth-order valence-corrected chi connectivity index (χ4v) is 7.23. The van der Waals surface area contributed by atoms with E-state index < -0.39 is 0 Å². The molecule has 4 aromatic carbocycles. The van der Waals surface area contributed by atoms with Crippen LogP contribution >= 0.6 is 0 Å². The van der Waals surface area contributed by atoms with Crippen LogP contribution in [0.3, 0.4) is 0 Å². The van der Waals surface area contributed by atoms with Crippen LogP contribution in [-0.2, 0) is 0 Å². The highest BCUT2D eigenvalue weighted by Crippen LogP contribution is 2.39. The first-order chi connectivity index (χ1) is 25.7. The summed E-state index contributed by atoms with van der Waals surface area (Å²) in [6.07, 6.45) is 9.81. The van der Waals surface area contributed by atoms with E-state index in [1.165, 1.54) is 0 Å². The average Bonchev–Trinajstić information content (AvgIpc) is 4.03. The van der Waals surface area contributed by atoms with Gasteiger partial charge in [-0.3, -0.25) is 9.59 Å². The number of carbonyl (C=O) groups is 2. The second-order valence-corrected chi connectivity index (χ2v) is 12.7. The van der Waals surface area contributed by atoms with Crippen molar-refractivity contribution in [2.75, 3.05) is 0 Å². The molecule has 8 bridgehead atoms. The SMILES string of the molecule is O=Cc1cc2[nH]c1c(-c1ccccc1)c1nc(c(-c3ccccc3)c3nc(c(-c4ccccc4)c4[nH]c(cc4C=O)c2-c2ccccc2)C=C3)C=C1. The fourth-order valence-electron chi connectivity index (χ4n) is 7.23. The van der Waals surface area contributed by atoms with Gasteiger partial charge >= 0.3 is 0 Å². The molecule has 0 fully saturated rings. The molecule has 52 heavy (non-hydrogen) atoms. The molecule has 5 heterocycles. The van der Waals surface area contributed by atoms with Gasteiger partial charge in [0.2, 0.25) is 0 Å². The highest BCUT2D eigenvalue weighted by Gasteiger charge is 2.21. The topological polar surface area (TPSA) is 91.5 Å². The quantitative estimate of drug-likeness (QED) is 0.172. The summed E-state index contributed by atoms with van der Waals surface area (Å²) < 4.78 is 0. The Kier molecular flexibility index (Phi) is 7.67. The molecule has 9 rings (SSSR count). The van der Waals surface area contributed by atoms with Crippen molar-refractivity contribution in [2.45, 2.75) is 0 Å². The highest BCUT2D eigenvalue weighted by molar-refractivity contribution is 6.07. The number of rotatable bonds is 6. The normalized spacial score (nSPS) is 11.8. The minimum Gasteiger partial charge on any atom is -0.354 e. The molecule has 2 N–H and O–H groups in total. The summed E-state index contributed by atoms with van der Waals surface area (Å²) in [5.74, 6) is 0. The molecule has 0 saturated carbocycles. The van der Waals surface area contributed by atoms with Gasteiger partial charge in [0, 0.05) is 44.4 Å². The van der Waals surface area contributed by atoms with Crippen LogP contribution in [0.25, 0.3) is 90.9 Å². The van der Waals surface area contributed by atoms with Crippen LogP contribution in [0.15, 0.2) is 133 Å². The zero-order valence-electron chi connectivity index (χ0n) is 27.9. The van der Waals surface area contributed by atoms with Gasteiger partial charge in [0.1, 0.15) is 0 Å². The Hall–Kier alpha value is -7.18. The van der Waals surface area contributed by atoms with Crippen molar-refractivity contribution in [1.82, 2.24) is 19.9 Å². The van der Waals surface area contributed by atoms with E-state index in [1.54, 1.807) is 0 Å². The second-order valence-electron chi connectivity index (χ2n) is 12.7. The summed E-state index contributed by atoms with van der Waals surface area (Å²) in [7, 11) is 0. The molecule has 246 valence electrons. The van der Waals surface area contributed by atoms with E-state index in [4.69, 9.17) is 9.97 Å². The van der Waals surface area contributed by atoms with E-state index in [-0.39, 0.29) is 0 Å². The van der Waals surface area contributed by atoms with Crippen LogP contribution in [0.4, 0.5) is 0 Å². The summed E-state index contributed by atoms with van der Waals surface area (Å²) in [6, 6.07) is 43.8. The van der Waals surface area contributed by atoms with Gasteiger partial charge in [-0.15, -0.1) is 0 Å². The molecule has 0 saturated heterocycles. The molecule has 0 aliphatic carbocycles. The first-order valence-electron chi connectivity index (χ1n) is 17.1. The van der Waals surface area contributed by atoms with Crippen LogP contribution in [-0.4, -0.2) is 32.5 Å². The Labute approximate surface area is 299 Å². The number of hydrogen-bond acceptors (Lipinski definition) is 4. The number of aldehydes is 2. The number of fused-ring (bicyclic) bond motifs is 8. The standard InChI is InChI=1S/C46H30N4O2/c51-27-33-25-39-42(30-15-7-2-8-16-30)40-26-34(28-52)46(50-40)44(32-19-11-4-12-20-32)38-24-22-36(48-38)41(29-13-5-1-6-14-29)35-21-23-37(47-35)43(45(33)49-39)31-17-9-3-10-18-31/h1-28,49-50H. The fraction of sp³-hybridized carbons (Fsp3) is 0. The van der Waals surface area contributed by atoms with Crippen molar-refractivity contribution < 1.29 is 9.59 Å². The van der Waals surface area contributed by atoms with E-state index in [9.17, 15) is 9.59 Å². The summed E-state index contributed by atoms with van der Waals surface area (Å²) in [4.78, 5) is 43.7. The summed E-state index contributed by atoms with van der Waals surface area (Å²) in [5, 5.41) is 0. The largest absolute Gasteiger partial charge is 0.354 e. The number of aromatic amines is 2. The molecule has 0 amide bonds. The maximum Gasteiger partial charge on any atom is 0.152 e. The third kappa shape index (κ3) is 5.30. The van der Waals surface area contributed by atoms with E-state index in [2.05, 4.69) is 22.1 Å². The lowest BCUT2D eigenvalue weighted by Gasteiger charge is -2.07. The zero-order valence-corrected chi connectivity index (χ0v) is 27.9. The highest BCUT2D eigenvalue weighted by atomic mass is 16.1. The molecule has 7 aromatic rings. The monoisotopic (exact) mass is 670 g/mol. The first-order valence-corrected chi connectivity index (χ1v) is 17.1. The van der Waals surface area contributed by atoms with E-state index in [0.717, 1.165) is 68.5 Å². The third-order valence-electron chi connectivity index (χ3n) is 9.54. The number of hydrogen-bond donors (Lipinski definition) is 2. The summed E-state index contributed by atoms with van der Waals surface area (Å²) in [6.45, 7) is 0. The summed E-state index contributed by atoms with van der Waals surface area (Å²) >= 11 is 0. The van der Waals surface area contributed by atoms with E-state index in [0.29, 0.717) is 44.6 Å². The lowest BCUT2D eigenvalue weighted by molar-refractivity contribution is 0.111. The molecule has 0 atom stereocenters. The Morgan fingerprint density at radius 1 is 0.385 bits per heavy atom. The number of benzene rings is 4. The van der Waals surface area contributed by atoms with Gasteiger partial charge in [-0.25, -0.2) is 9.97 Å². The number of aromatic nitrogens is 4. The number of H-pyrrole nitrogens is 2. The van der Waals surface area contributed by atoms with Gasteiger partial charge in [0.25, 0.3) is 0 Å². The predicted octanol–water partition coefficient (Wildman–Crippen LogP) is 10.9. The second kappa shape index (κ2) is 12.9. The molecule has 2 aliphatic heterocycles. The van der Waals surface area contributed by atoms with Gasteiger partial charge in [0.15, 0.2) is 12.6 Å². The molecular weight excluding hydrogens is 641 g/mol. The first kappa shape index (κ1) is 30.8. The van der Waals surface area contributed by atoms with Gasteiger partial charge < -0.3 is 9.97 Å². The van der Waals surface area contributed by atoms with E-state index in [1.807, 2.05) is 146 Å². The van der Waals surface area contributed by atoms with Crippen LogP contribution in [0.5, 0.6) is 0 Å². The van der Waals surface area contributed by atoms with Crippen molar-refractivity contribution in [1.29, 1.82) is 0 Å². The van der Waals surface area contributed by atoms with Crippen molar-refractivity contribution in [3.05, 3.63) is 167 Å². The maximum atomic E-state index is 12.9. The smallest absolute Gasteiger partial charge is 0.152 e. The summed E-state index contributed by atoms with van der Waals surface area (Å²) in [5.41, 5.74) is 13.6. The third-order valence-corrected chi connectivity index (χ3v) is 9.54. The Morgan fingerprint density at radius 3 is 1.04 bits per heavy atom. The number of nitrogens with zero attached hydrogens (tertiary/aromatic N) is 2.